The lowest BCUT2D eigenvalue weighted by atomic mass is 9.97. The van der Waals surface area contributed by atoms with Crippen molar-refractivity contribution in [1.29, 1.82) is 0 Å². The number of hydrogen-bond donors (Lipinski definition) is 1. The fourth-order valence-electron chi connectivity index (χ4n) is 2.54. The minimum absolute atomic E-state index is 0.0472. The van der Waals surface area contributed by atoms with Gasteiger partial charge < -0.3 is 5.32 Å². The van der Waals surface area contributed by atoms with Gasteiger partial charge in [0.1, 0.15) is 4.21 Å². The maximum absolute atomic E-state index is 12.5. The van der Waals surface area contributed by atoms with Gasteiger partial charge in [0.15, 0.2) is 5.17 Å². The van der Waals surface area contributed by atoms with E-state index < -0.39 is 10.0 Å². The number of rotatable bonds is 3. The molecule has 1 saturated heterocycles. The fraction of sp³-hybridized carbons (Fsp3) is 0.538. The number of amides is 1. The molecule has 1 N–H and O–H groups in total. The second kappa shape index (κ2) is 7.22. The van der Waals surface area contributed by atoms with Crippen LogP contribution in [0.5, 0.6) is 0 Å². The van der Waals surface area contributed by atoms with Crippen molar-refractivity contribution in [3.63, 3.8) is 0 Å². The summed E-state index contributed by atoms with van der Waals surface area (Å²) in [7, 11) is -3.45. The van der Waals surface area contributed by atoms with Crippen LogP contribution in [0.4, 0.5) is 0 Å². The average molecular weight is 438 g/mol. The van der Waals surface area contributed by atoms with Crippen molar-refractivity contribution in [2.75, 3.05) is 25.4 Å². The molecule has 1 fully saturated rings. The maximum atomic E-state index is 12.5. The van der Waals surface area contributed by atoms with Crippen molar-refractivity contribution in [3.8, 4) is 0 Å². The molecule has 23 heavy (non-hydrogen) atoms. The molecule has 0 radical (unpaired) electrons. The molecular formula is C13H16BrN3O3S3. The summed E-state index contributed by atoms with van der Waals surface area (Å²) in [5.74, 6) is 0.706. The van der Waals surface area contributed by atoms with Crippen molar-refractivity contribution in [1.82, 2.24) is 9.62 Å². The number of amidine groups is 1. The van der Waals surface area contributed by atoms with Crippen LogP contribution < -0.4 is 5.32 Å². The second-order valence-electron chi connectivity index (χ2n) is 5.26. The summed E-state index contributed by atoms with van der Waals surface area (Å²) in [5.41, 5.74) is 0. The number of hydrogen-bond acceptors (Lipinski definition) is 6. The molecule has 2 aliphatic heterocycles. The quantitative estimate of drug-likeness (QED) is 0.785. The summed E-state index contributed by atoms with van der Waals surface area (Å²) >= 11 is 6.04. The molecule has 10 heteroatoms. The summed E-state index contributed by atoms with van der Waals surface area (Å²) in [6.07, 6.45) is 1.07. The second-order valence-corrected chi connectivity index (χ2v) is 11.0. The van der Waals surface area contributed by atoms with Crippen molar-refractivity contribution in [2.24, 2.45) is 10.9 Å². The third kappa shape index (κ3) is 3.98. The summed E-state index contributed by atoms with van der Waals surface area (Å²) in [4.78, 5) is 16.4. The molecule has 0 bridgehead atoms. The number of piperidine rings is 1. The van der Waals surface area contributed by atoms with Gasteiger partial charge >= 0.3 is 0 Å². The highest BCUT2D eigenvalue weighted by molar-refractivity contribution is 9.11. The van der Waals surface area contributed by atoms with Crippen LogP contribution in [0.25, 0.3) is 0 Å². The molecule has 3 rings (SSSR count). The molecule has 1 aromatic heterocycles. The zero-order valence-corrected chi connectivity index (χ0v) is 16.2. The molecule has 1 aromatic rings. The summed E-state index contributed by atoms with van der Waals surface area (Å²) in [6.45, 7) is 1.48. The topological polar surface area (TPSA) is 78.8 Å². The summed E-state index contributed by atoms with van der Waals surface area (Å²) < 4.78 is 27.7. The minimum Gasteiger partial charge on any atom is -0.305 e. The maximum Gasteiger partial charge on any atom is 0.252 e. The van der Waals surface area contributed by atoms with Gasteiger partial charge in [0.25, 0.3) is 10.0 Å². The Balaban J connectivity index is 1.58. The van der Waals surface area contributed by atoms with Crippen LogP contribution in [0.3, 0.4) is 0 Å². The van der Waals surface area contributed by atoms with Crippen LogP contribution in [0.15, 0.2) is 25.1 Å². The van der Waals surface area contributed by atoms with E-state index in [9.17, 15) is 13.2 Å². The molecule has 0 spiro atoms. The van der Waals surface area contributed by atoms with E-state index in [0.717, 1.165) is 16.1 Å². The first-order valence-corrected chi connectivity index (χ1v) is 11.2. The van der Waals surface area contributed by atoms with Crippen LogP contribution in [-0.2, 0) is 14.8 Å². The Morgan fingerprint density at radius 3 is 2.65 bits per heavy atom. The first kappa shape index (κ1) is 17.4. The van der Waals surface area contributed by atoms with E-state index in [2.05, 4.69) is 26.2 Å². The SMILES string of the molecule is O=C(NC1=NCCS1)C1CCN(S(=O)(=O)c2ccc(Br)s2)CC1. The third-order valence-corrected chi connectivity index (χ3v) is 8.66. The molecule has 6 nitrogen and oxygen atoms in total. The van der Waals surface area contributed by atoms with Crippen LogP contribution in [-0.4, -0.2) is 49.2 Å². The van der Waals surface area contributed by atoms with Gasteiger partial charge in [0, 0.05) is 24.8 Å². The zero-order valence-electron chi connectivity index (χ0n) is 12.2. The molecule has 126 valence electrons. The van der Waals surface area contributed by atoms with Gasteiger partial charge in [0.2, 0.25) is 5.91 Å². The monoisotopic (exact) mass is 437 g/mol. The van der Waals surface area contributed by atoms with E-state index >= 15 is 0 Å². The largest absolute Gasteiger partial charge is 0.305 e. The standard InChI is InChI=1S/C13H16BrN3O3S3/c14-10-1-2-11(22-10)23(19,20)17-6-3-9(4-7-17)12(18)16-13-15-5-8-21-13/h1-2,9H,3-8H2,(H,15,16,18). The molecule has 0 aliphatic carbocycles. The Morgan fingerprint density at radius 2 is 2.09 bits per heavy atom. The van der Waals surface area contributed by atoms with Crippen molar-refractivity contribution < 1.29 is 13.2 Å². The number of halogens is 1. The van der Waals surface area contributed by atoms with Gasteiger partial charge in [-0.05, 0) is 40.9 Å². The predicted molar refractivity (Wildman–Crippen MR) is 96.4 cm³/mol. The first-order valence-electron chi connectivity index (χ1n) is 7.20. The molecule has 0 unspecified atom stereocenters. The molecule has 0 aromatic carbocycles. The fourth-order valence-corrected chi connectivity index (χ4v) is 6.91. The highest BCUT2D eigenvalue weighted by Gasteiger charge is 2.33. The number of aliphatic imine (C=N–C) groups is 1. The summed E-state index contributed by atoms with van der Waals surface area (Å²) in [6, 6.07) is 3.34. The molecular weight excluding hydrogens is 422 g/mol. The Labute approximate surface area is 151 Å². The van der Waals surface area contributed by atoms with Gasteiger partial charge in [-0.2, -0.15) is 4.31 Å². The molecule has 0 atom stereocenters. The zero-order chi connectivity index (χ0) is 16.4. The van der Waals surface area contributed by atoms with E-state index in [1.165, 1.54) is 15.6 Å². The lowest BCUT2D eigenvalue weighted by Crippen LogP contribution is -2.43. The van der Waals surface area contributed by atoms with E-state index in [4.69, 9.17) is 0 Å². The van der Waals surface area contributed by atoms with Crippen LogP contribution in [0.1, 0.15) is 12.8 Å². The Bertz CT molecular complexity index is 724. The highest BCUT2D eigenvalue weighted by Crippen LogP contribution is 2.30. The van der Waals surface area contributed by atoms with Gasteiger partial charge in [-0.3, -0.25) is 9.79 Å². The molecule has 1 amide bonds. The third-order valence-electron chi connectivity index (χ3n) is 3.78. The van der Waals surface area contributed by atoms with E-state index in [1.807, 2.05) is 0 Å². The average Bonchev–Trinajstić information content (AvgIpc) is 3.19. The van der Waals surface area contributed by atoms with Crippen molar-refractivity contribution in [3.05, 3.63) is 15.9 Å². The number of thioether (sulfide) groups is 1. The molecule has 3 heterocycles. The van der Waals surface area contributed by atoms with E-state index in [1.54, 1.807) is 23.9 Å². The van der Waals surface area contributed by atoms with Gasteiger partial charge in [-0.1, -0.05) is 11.8 Å². The first-order chi connectivity index (χ1) is 11.0. The van der Waals surface area contributed by atoms with Crippen molar-refractivity contribution in [2.45, 2.75) is 17.1 Å². The number of thiophene rings is 1. The van der Waals surface area contributed by atoms with Gasteiger partial charge in [-0.25, -0.2) is 8.42 Å². The number of carbonyl (C=O) groups is 1. The van der Waals surface area contributed by atoms with Crippen LogP contribution in [0.2, 0.25) is 0 Å². The lowest BCUT2D eigenvalue weighted by Gasteiger charge is -2.30. The Hall–Kier alpha value is -0.420. The van der Waals surface area contributed by atoms with E-state index in [-0.39, 0.29) is 11.8 Å². The lowest BCUT2D eigenvalue weighted by molar-refractivity contribution is -0.124. The number of nitrogens with zero attached hydrogens (tertiary/aromatic N) is 2. The smallest absolute Gasteiger partial charge is 0.252 e. The predicted octanol–water partition coefficient (Wildman–Crippen LogP) is 2.13. The van der Waals surface area contributed by atoms with Crippen LogP contribution in [0, 0.1) is 5.92 Å². The van der Waals surface area contributed by atoms with Gasteiger partial charge in [0.05, 0.1) is 10.3 Å². The van der Waals surface area contributed by atoms with Crippen LogP contribution >= 0.6 is 39.0 Å². The number of sulfonamides is 1. The van der Waals surface area contributed by atoms with Crippen molar-refractivity contribution >= 4 is 60.1 Å². The number of carbonyl (C=O) groups excluding carboxylic acids is 1. The van der Waals surface area contributed by atoms with Gasteiger partial charge in [-0.15, -0.1) is 11.3 Å². The normalized spacial score (nSPS) is 20.5. The number of nitrogens with one attached hydrogen (secondary N) is 1. The molecule has 0 saturated carbocycles. The Morgan fingerprint density at radius 1 is 1.35 bits per heavy atom. The van der Waals surface area contributed by atoms with E-state index in [0.29, 0.717) is 35.3 Å². The minimum atomic E-state index is -3.45. The Kier molecular flexibility index (Phi) is 5.46. The molecule has 2 aliphatic rings. The summed E-state index contributed by atoms with van der Waals surface area (Å²) in [5, 5.41) is 3.53. The highest BCUT2D eigenvalue weighted by atomic mass is 79.9.